The molecule has 4 amide bonds. The van der Waals surface area contributed by atoms with Crippen LogP contribution in [-0.4, -0.2) is 87.1 Å². The molecule has 2 aliphatic rings. The van der Waals surface area contributed by atoms with Crippen LogP contribution in [0.4, 0.5) is 9.59 Å². The minimum atomic E-state index is -0.880. The van der Waals surface area contributed by atoms with Gasteiger partial charge >= 0.3 is 12.2 Å². The predicted octanol–water partition coefficient (Wildman–Crippen LogP) is 9.37. The molecular formula is C47H48N8O6S2. The van der Waals surface area contributed by atoms with Gasteiger partial charge in [-0.3, -0.25) is 9.59 Å². The van der Waals surface area contributed by atoms with E-state index in [9.17, 15) is 19.2 Å². The number of benzene rings is 3. The van der Waals surface area contributed by atoms with Gasteiger partial charge in [-0.15, -0.1) is 22.7 Å². The fraction of sp³-hybridized carbons (Fsp3) is 0.319. The highest BCUT2D eigenvalue weighted by Crippen LogP contribution is 2.45. The number of alkyl carbamates (subject to hydrolysis) is 2. The average molecular weight is 885 g/mol. The predicted molar refractivity (Wildman–Crippen MR) is 244 cm³/mol. The lowest BCUT2D eigenvalue weighted by Gasteiger charge is -2.29. The maximum absolute atomic E-state index is 14.0. The maximum Gasteiger partial charge on any atom is 0.407 e. The molecule has 0 bridgehead atoms. The van der Waals surface area contributed by atoms with Gasteiger partial charge in [0.2, 0.25) is 5.91 Å². The zero-order valence-electron chi connectivity index (χ0n) is 35.3. The lowest BCUT2D eigenvalue weighted by atomic mass is 10.0. The van der Waals surface area contributed by atoms with Gasteiger partial charge < -0.3 is 39.9 Å². The Morgan fingerprint density at radius 1 is 0.730 bits per heavy atom. The third-order valence-corrected chi connectivity index (χ3v) is 14.3. The van der Waals surface area contributed by atoms with Crippen molar-refractivity contribution in [3.05, 3.63) is 107 Å². The van der Waals surface area contributed by atoms with E-state index in [1.165, 1.54) is 29.2 Å². The van der Waals surface area contributed by atoms with E-state index < -0.39 is 24.3 Å². The number of rotatable bonds is 11. The highest BCUT2D eigenvalue weighted by atomic mass is 32.1. The number of aromatic amines is 2. The van der Waals surface area contributed by atoms with Crippen LogP contribution in [0.5, 0.6) is 0 Å². The summed E-state index contributed by atoms with van der Waals surface area (Å²) in [5.74, 6) is 1.00. The molecule has 4 atom stereocenters. The summed E-state index contributed by atoms with van der Waals surface area (Å²) in [5, 5.41) is 9.88. The number of hydrogen-bond donors (Lipinski definition) is 4. The molecule has 0 saturated carbocycles. The minimum absolute atomic E-state index is 0.110. The monoisotopic (exact) mass is 884 g/mol. The summed E-state index contributed by atoms with van der Waals surface area (Å²) in [6.07, 6.45) is 3.73. The fourth-order valence-corrected chi connectivity index (χ4v) is 11.3. The maximum atomic E-state index is 14.0. The van der Waals surface area contributed by atoms with Gasteiger partial charge in [0, 0.05) is 35.0 Å². The number of fused-ring (bicyclic) bond motifs is 2. The van der Waals surface area contributed by atoms with Gasteiger partial charge in [0.25, 0.3) is 5.91 Å². The molecule has 2 aliphatic heterocycles. The zero-order valence-corrected chi connectivity index (χ0v) is 37.0. The lowest BCUT2D eigenvalue weighted by Crippen LogP contribution is -2.51. The molecule has 4 N–H and O–H groups in total. The van der Waals surface area contributed by atoms with E-state index in [1.807, 2.05) is 61.3 Å². The number of imidazole rings is 2. The van der Waals surface area contributed by atoms with Crippen LogP contribution in [0.2, 0.25) is 0 Å². The average Bonchev–Trinajstić information content (AvgIpc) is 4.17. The molecular weight excluding hydrogens is 837 g/mol. The molecule has 4 aromatic heterocycles. The Bertz CT molecular complexity index is 2790. The molecule has 7 aromatic rings. The number of methoxy groups -OCH3 is 2. The molecule has 2 unspecified atom stereocenters. The number of ether oxygens (including phenoxy) is 2. The van der Waals surface area contributed by atoms with Gasteiger partial charge in [0.1, 0.15) is 23.7 Å². The van der Waals surface area contributed by atoms with E-state index in [0.717, 1.165) is 70.5 Å². The molecule has 2 fully saturated rings. The van der Waals surface area contributed by atoms with Crippen LogP contribution in [0, 0.1) is 5.92 Å². The molecule has 9 rings (SSSR count). The Morgan fingerprint density at radius 3 is 2.00 bits per heavy atom. The Hall–Kier alpha value is -6.52. The molecule has 324 valence electrons. The van der Waals surface area contributed by atoms with Crippen LogP contribution in [0.3, 0.4) is 0 Å². The number of H-pyrrole nitrogens is 2. The van der Waals surface area contributed by atoms with Crippen molar-refractivity contribution in [3.8, 4) is 33.5 Å². The van der Waals surface area contributed by atoms with Crippen LogP contribution in [0.25, 0.3) is 53.9 Å². The molecule has 63 heavy (non-hydrogen) atoms. The quantitative estimate of drug-likeness (QED) is 0.0994. The van der Waals surface area contributed by atoms with Crippen molar-refractivity contribution in [2.24, 2.45) is 5.92 Å². The first-order valence-electron chi connectivity index (χ1n) is 21.1. The minimum Gasteiger partial charge on any atom is -0.453 e. The summed E-state index contributed by atoms with van der Waals surface area (Å²) >= 11 is 3.46. The number of carbonyl (C=O) groups is 4. The van der Waals surface area contributed by atoms with Crippen molar-refractivity contribution < 1.29 is 28.7 Å². The van der Waals surface area contributed by atoms with Gasteiger partial charge in [-0.05, 0) is 66.0 Å². The Kier molecular flexibility index (Phi) is 11.7. The first-order chi connectivity index (χ1) is 30.6. The fourth-order valence-electron chi connectivity index (χ4n) is 8.84. The summed E-state index contributed by atoms with van der Waals surface area (Å²) < 4.78 is 12.1. The van der Waals surface area contributed by atoms with Crippen LogP contribution < -0.4 is 10.6 Å². The van der Waals surface area contributed by atoms with Gasteiger partial charge in [-0.25, -0.2) is 19.6 Å². The van der Waals surface area contributed by atoms with E-state index in [1.54, 1.807) is 27.6 Å². The third kappa shape index (κ3) is 8.16. The van der Waals surface area contributed by atoms with Gasteiger partial charge in [0.05, 0.1) is 58.6 Å². The standard InChI is InChI=1S/C47H48N8O6S2/c1-26(2)38(52-46(58)60-3)44(56)55-21-9-13-37(55)43-49-33-19-18-30(22-34(33)50-43)32-25-63-40-31(24-62-41(32)40)27-14-16-28(17-15-27)35-23-48-42(51-35)36-12-8-20-54(36)45(57)39(53-47(59)61-4)29-10-6-5-7-11-29/h5-7,10-11,14-19,22-26,36-39H,8-9,12-13,20-21H2,1-4H3,(H,48,51)(H,49,50)(H,52,58)(H,53,59)/t36-,37?,38?,39+/m0/s1. The topological polar surface area (TPSA) is 175 Å². The van der Waals surface area contributed by atoms with E-state index in [4.69, 9.17) is 19.4 Å². The number of nitrogens with one attached hydrogen (secondary N) is 4. The first kappa shape index (κ1) is 41.8. The van der Waals surface area contributed by atoms with Crippen molar-refractivity contribution in [1.82, 2.24) is 40.4 Å². The van der Waals surface area contributed by atoms with Crippen molar-refractivity contribution in [1.29, 1.82) is 0 Å². The smallest absolute Gasteiger partial charge is 0.407 e. The number of nitrogens with zero attached hydrogens (tertiary/aromatic N) is 4. The molecule has 2 saturated heterocycles. The van der Waals surface area contributed by atoms with Crippen LogP contribution in [0.1, 0.15) is 74.9 Å². The van der Waals surface area contributed by atoms with E-state index in [2.05, 4.69) is 67.8 Å². The molecule has 14 nitrogen and oxygen atoms in total. The summed E-state index contributed by atoms with van der Waals surface area (Å²) in [6.45, 7) is 4.97. The van der Waals surface area contributed by atoms with Crippen molar-refractivity contribution in [2.75, 3.05) is 27.3 Å². The second-order valence-corrected chi connectivity index (χ2v) is 18.0. The third-order valence-electron chi connectivity index (χ3n) is 12.1. The number of carbonyl (C=O) groups excluding carboxylic acids is 4. The molecule has 3 aromatic carbocycles. The van der Waals surface area contributed by atoms with Crippen molar-refractivity contribution in [3.63, 3.8) is 0 Å². The normalized spacial score (nSPS) is 17.3. The molecule has 0 aliphatic carbocycles. The Morgan fingerprint density at radius 2 is 1.33 bits per heavy atom. The summed E-state index contributed by atoms with van der Waals surface area (Å²) in [7, 11) is 2.58. The number of likely N-dealkylation sites (tertiary alicyclic amines) is 2. The highest BCUT2D eigenvalue weighted by Gasteiger charge is 2.39. The van der Waals surface area contributed by atoms with Crippen molar-refractivity contribution >= 4 is 67.1 Å². The zero-order chi connectivity index (χ0) is 43.8. The largest absolute Gasteiger partial charge is 0.453 e. The Balaban J connectivity index is 0.905. The van der Waals surface area contributed by atoms with Gasteiger partial charge in [-0.2, -0.15) is 0 Å². The number of thiophene rings is 2. The second kappa shape index (κ2) is 17.7. The number of amides is 4. The highest BCUT2D eigenvalue weighted by molar-refractivity contribution is 7.27. The van der Waals surface area contributed by atoms with Crippen LogP contribution >= 0.6 is 22.7 Å². The molecule has 0 spiro atoms. The van der Waals surface area contributed by atoms with Crippen molar-refractivity contribution in [2.45, 2.75) is 63.7 Å². The molecule has 16 heteroatoms. The van der Waals surface area contributed by atoms with Crippen LogP contribution in [0.15, 0.2) is 89.8 Å². The molecule has 0 radical (unpaired) electrons. The van der Waals surface area contributed by atoms with E-state index >= 15 is 0 Å². The number of aromatic nitrogens is 4. The van der Waals surface area contributed by atoms with E-state index in [0.29, 0.717) is 24.5 Å². The number of hydrogen-bond acceptors (Lipinski definition) is 10. The second-order valence-electron chi connectivity index (χ2n) is 16.3. The molecule has 6 heterocycles. The summed E-state index contributed by atoms with van der Waals surface area (Å²) in [6, 6.07) is 21.9. The van der Waals surface area contributed by atoms with E-state index in [-0.39, 0.29) is 29.8 Å². The SMILES string of the molecule is COC(=O)NC(C(=O)N1CCCC1c1nc2ccc(-c3csc4c(-c5ccc(-c6cnc([C@@H]7CCCN7C(=O)[C@H](NC(=O)OC)c7ccccc7)[nH]6)cc5)csc34)cc2[nH]1)C(C)C. The van der Waals surface area contributed by atoms with Gasteiger partial charge in [0.15, 0.2) is 0 Å². The lowest BCUT2D eigenvalue weighted by molar-refractivity contribution is -0.135. The Labute approximate surface area is 372 Å². The van der Waals surface area contributed by atoms with Gasteiger partial charge in [-0.1, -0.05) is 74.5 Å². The first-order valence-corrected chi connectivity index (χ1v) is 22.9. The summed E-state index contributed by atoms with van der Waals surface area (Å²) in [5.41, 5.74) is 8.80. The summed E-state index contributed by atoms with van der Waals surface area (Å²) in [4.78, 5) is 72.3. The van der Waals surface area contributed by atoms with Crippen LogP contribution in [-0.2, 0) is 19.1 Å².